The number of carbonyl (C=O) groups excluding carboxylic acids is 1. The van der Waals surface area contributed by atoms with Gasteiger partial charge in [0.25, 0.3) is 5.91 Å². The van der Waals surface area contributed by atoms with Gasteiger partial charge in [0.05, 0.1) is 0 Å². The van der Waals surface area contributed by atoms with Crippen LogP contribution in [0.3, 0.4) is 0 Å². The highest BCUT2D eigenvalue weighted by molar-refractivity contribution is 5.93. The third-order valence-corrected chi connectivity index (χ3v) is 4.43. The maximum atomic E-state index is 12.8. The lowest BCUT2D eigenvalue weighted by atomic mass is 10.1. The van der Waals surface area contributed by atoms with E-state index in [-0.39, 0.29) is 5.91 Å². The van der Waals surface area contributed by atoms with E-state index in [1.807, 2.05) is 11.0 Å². The Bertz CT molecular complexity index is 696. The standard InChI is InChI=1S/C19H25N3O2/c1-14-11-21(13-17-7-5-4-6-8-17)9-10-22(12-14)19(23)18-15(2)24-16(3)20-18/h4-8,14H,9-13H2,1-3H3/t14-/m0/s1. The van der Waals surface area contributed by atoms with E-state index in [0.29, 0.717) is 23.3 Å². The van der Waals surface area contributed by atoms with Crippen molar-refractivity contribution >= 4 is 5.91 Å². The van der Waals surface area contributed by atoms with Crippen LogP contribution in [0, 0.1) is 19.8 Å². The van der Waals surface area contributed by atoms with Crippen LogP contribution in [-0.4, -0.2) is 46.9 Å². The van der Waals surface area contributed by atoms with Crippen molar-refractivity contribution in [2.75, 3.05) is 26.2 Å². The molecule has 0 bridgehead atoms. The van der Waals surface area contributed by atoms with Crippen LogP contribution in [-0.2, 0) is 6.54 Å². The predicted molar refractivity (Wildman–Crippen MR) is 92.8 cm³/mol. The van der Waals surface area contributed by atoms with Crippen LogP contribution in [0.1, 0.15) is 34.6 Å². The summed E-state index contributed by atoms with van der Waals surface area (Å²) < 4.78 is 5.42. The molecule has 5 nitrogen and oxygen atoms in total. The normalized spacial score (nSPS) is 19.3. The van der Waals surface area contributed by atoms with Gasteiger partial charge < -0.3 is 9.32 Å². The SMILES string of the molecule is Cc1nc(C(=O)N2CCN(Cc3ccccc3)C[C@H](C)C2)c(C)o1. The molecule has 5 heteroatoms. The van der Waals surface area contributed by atoms with Gasteiger partial charge in [0, 0.05) is 39.6 Å². The van der Waals surface area contributed by atoms with Crippen molar-refractivity contribution in [2.45, 2.75) is 27.3 Å². The van der Waals surface area contributed by atoms with Gasteiger partial charge in [-0.15, -0.1) is 0 Å². The number of hydrogen-bond donors (Lipinski definition) is 0. The smallest absolute Gasteiger partial charge is 0.276 e. The molecule has 2 heterocycles. The number of rotatable bonds is 3. The number of aromatic nitrogens is 1. The number of amides is 1. The van der Waals surface area contributed by atoms with E-state index in [0.717, 1.165) is 32.7 Å². The van der Waals surface area contributed by atoms with Gasteiger partial charge in [-0.25, -0.2) is 4.98 Å². The molecular formula is C19H25N3O2. The van der Waals surface area contributed by atoms with E-state index in [4.69, 9.17) is 4.42 Å². The molecule has 0 radical (unpaired) electrons. The molecule has 0 saturated carbocycles. The van der Waals surface area contributed by atoms with Crippen molar-refractivity contribution in [1.29, 1.82) is 0 Å². The minimum absolute atomic E-state index is 0.0160. The van der Waals surface area contributed by atoms with E-state index in [1.165, 1.54) is 5.56 Å². The van der Waals surface area contributed by atoms with Crippen LogP contribution >= 0.6 is 0 Å². The number of carbonyl (C=O) groups is 1. The average Bonchev–Trinajstić information content (AvgIpc) is 2.78. The summed E-state index contributed by atoms with van der Waals surface area (Å²) in [6, 6.07) is 10.5. The molecule has 3 rings (SSSR count). The van der Waals surface area contributed by atoms with Gasteiger partial charge in [-0.2, -0.15) is 0 Å². The summed E-state index contributed by atoms with van der Waals surface area (Å²) in [5.74, 6) is 1.56. The van der Waals surface area contributed by atoms with Gasteiger partial charge in [0.2, 0.25) is 0 Å². The maximum absolute atomic E-state index is 12.8. The Balaban J connectivity index is 1.68. The van der Waals surface area contributed by atoms with Gasteiger partial charge in [-0.1, -0.05) is 37.3 Å². The molecule has 0 N–H and O–H groups in total. The molecule has 0 aliphatic carbocycles. The van der Waals surface area contributed by atoms with Gasteiger partial charge >= 0.3 is 0 Å². The van der Waals surface area contributed by atoms with Crippen LogP contribution in [0.4, 0.5) is 0 Å². The Morgan fingerprint density at radius 3 is 2.62 bits per heavy atom. The lowest BCUT2D eigenvalue weighted by Crippen LogP contribution is -2.36. The summed E-state index contributed by atoms with van der Waals surface area (Å²) in [7, 11) is 0. The zero-order chi connectivity index (χ0) is 17.1. The fourth-order valence-corrected chi connectivity index (χ4v) is 3.37. The molecular weight excluding hydrogens is 302 g/mol. The van der Waals surface area contributed by atoms with E-state index in [9.17, 15) is 4.79 Å². The van der Waals surface area contributed by atoms with Gasteiger partial charge in [-0.05, 0) is 18.4 Å². The van der Waals surface area contributed by atoms with Gasteiger partial charge in [0.1, 0.15) is 5.76 Å². The molecule has 1 amide bonds. The third-order valence-electron chi connectivity index (χ3n) is 4.43. The molecule has 1 fully saturated rings. The highest BCUT2D eigenvalue weighted by atomic mass is 16.4. The first kappa shape index (κ1) is 16.7. The molecule has 1 aromatic heterocycles. The van der Waals surface area contributed by atoms with Crippen LogP contribution in [0.2, 0.25) is 0 Å². The van der Waals surface area contributed by atoms with Crippen molar-refractivity contribution in [3.63, 3.8) is 0 Å². The third kappa shape index (κ3) is 3.85. The summed E-state index contributed by atoms with van der Waals surface area (Å²) in [6.07, 6.45) is 0. The summed E-state index contributed by atoms with van der Waals surface area (Å²) in [5.41, 5.74) is 1.77. The Morgan fingerprint density at radius 1 is 1.21 bits per heavy atom. The summed E-state index contributed by atoms with van der Waals surface area (Å²) >= 11 is 0. The van der Waals surface area contributed by atoms with Crippen LogP contribution < -0.4 is 0 Å². The number of benzene rings is 1. The zero-order valence-corrected chi connectivity index (χ0v) is 14.7. The highest BCUT2D eigenvalue weighted by Gasteiger charge is 2.27. The Morgan fingerprint density at radius 2 is 1.96 bits per heavy atom. The molecule has 1 saturated heterocycles. The van der Waals surface area contributed by atoms with E-state index in [1.54, 1.807) is 13.8 Å². The van der Waals surface area contributed by atoms with Crippen LogP contribution in [0.5, 0.6) is 0 Å². The monoisotopic (exact) mass is 327 g/mol. The van der Waals surface area contributed by atoms with Crippen molar-refractivity contribution in [3.8, 4) is 0 Å². The predicted octanol–water partition coefficient (Wildman–Crippen LogP) is 2.89. The largest absolute Gasteiger partial charge is 0.445 e. The number of oxazole rings is 1. The molecule has 1 aliphatic rings. The van der Waals surface area contributed by atoms with E-state index < -0.39 is 0 Å². The fraction of sp³-hybridized carbons (Fsp3) is 0.474. The van der Waals surface area contributed by atoms with Crippen molar-refractivity contribution < 1.29 is 9.21 Å². The lowest BCUT2D eigenvalue weighted by Gasteiger charge is -2.21. The molecule has 1 atom stereocenters. The van der Waals surface area contributed by atoms with Crippen molar-refractivity contribution in [3.05, 3.63) is 53.2 Å². The lowest BCUT2D eigenvalue weighted by molar-refractivity contribution is 0.0741. The molecule has 2 aromatic rings. The van der Waals surface area contributed by atoms with E-state index in [2.05, 4.69) is 41.1 Å². The molecule has 0 unspecified atom stereocenters. The summed E-state index contributed by atoms with van der Waals surface area (Å²) in [4.78, 5) is 21.4. The van der Waals surface area contributed by atoms with Gasteiger partial charge in [-0.3, -0.25) is 9.69 Å². The van der Waals surface area contributed by atoms with Crippen molar-refractivity contribution in [2.24, 2.45) is 5.92 Å². The average molecular weight is 327 g/mol. The van der Waals surface area contributed by atoms with Gasteiger partial charge in [0.15, 0.2) is 11.6 Å². The topological polar surface area (TPSA) is 49.6 Å². The minimum atomic E-state index is -0.0160. The number of aryl methyl sites for hydroxylation is 2. The Labute approximate surface area is 143 Å². The number of nitrogens with zero attached hydrogens (tertiary/aromatic N) is 3. The maximum Gasteiger partial charge on any atom is 0.276 e. The first-order valence-corrected chi connectivity index (χ1v) is 8.52. The molecule has 1 aliphatic heterocycles. The highest BCUT2D eigenvalue weighted by Crippen LogP contribution is 2.17. The van der Waals surface area contributed by atoms with Crippen molar-refractivity contribution in [1.82, 2.24) is 14.8 Å². The Hall–Kier alpha value is -2.14. The zero-order valence-electron chi connectivity index (χ0n) is 14.7. The van der Waals surface area contributed by atoms with E-state index >= 15 is 0 Å². The second-order valence-electron chi connectivity index (χ2n) is 6.71. The fourth-order valence-electron chi connectivity index (χ4n) is 3.37. The Kier molecular flexibility index (Phi) is 5.00. The van der Waals surface area contributed by atoms with Crippen LogP contribution in [0.25, 0.3) is 0 Å². The second kappa shape index (κ2) is 7.18. The van der Waals surface area contributed by atoms with Crippen LogP contribution in [0.15, 0.2) is 34.7 Å². The number of hydrogen-bond acceptors (Lipinski definition) is 4. The first-order chi connectivity index (χ1) is 11.5. The molecule has 24 heavy (non-hydrogen) atoms. The molecule has 1 aromatic carbocycles. The molecule has 0 spiro atoms. The summed E-state index contributed by atoms with van der Waals surface area (Å²) in [5, 5.41) is 0. The minimum Gasteiger partial charge on any atom is -0.445 e. The quantitative estimate of drug-likeness (QED) is 0.870. The first-order valence-electron chi connectivity index (χ1n) is 8.52. The molecule has 128 valence electrons. The second-order valence-corrected chi connectivity index (χ2v) is 6.71. The summed E-state index contributed by atoms with van der Waals surface area (Å²) in [6.45, 7) is 10.1.